The van der Waals surface area contributed by atoms with E-state index in [4.69, 9.17) is 9.47 Å². The molecule has 2 N–H and O–H groups in total. The molecule has 5 aliphatic carbocycles. The largest absolute Gasteiger partial charge is 0.459 e. The van der Waals surface area contributed by atoms with E-state index in [0.29, 0.717) is 19.3 Å². The van der Waals surface area contributed by atoms with Crippen molar-refractivity contribution < 1.29 is 38.9 Å². The van der Waals surface area contributed by atoms with Gasteiger partial charge in [0.25, 0.3) is 0 Å². The minimum Gasteiger partial charge on any atom is -0.459 e. The van der Waals surface area contributed by atoms with Gasteiger partial charge < -0.3 is 19.7 Å². The van der Waals surface area contributed by atoms with E-state index in [2.05, 4.69) is 6.92 Å². The van der Waals surface area contributed by atoms with E-state index >= 15 is 0 Å². The van der Waals surface area contributed by atoms with E-state index in [0.717, 1.165) is 37.7 Å². The topological polar surface area (TPSA) is 127 Å². The Balaban J connectivity index is 1.49. The second-order valence-electron chi connectivity index (χ2n) is 13.7. The molecule has 8 unspecified atom stereocenters. The molecule has 0 saturated heterocycles. The average Bonchev–Trinajstić information content (AvgIpc) is 3.14. The summed E-state index contributed by atoms with van der Waals surface area (Å²) >= 11 is 0. The maximum atomic E-state index is 13.9. The van der Waals surface area contributed by atoms with Gasteiger partial charge in [0.05, 0.1) is 17.9 Å². The zero-order valence-electron chi connectivity index (χ0n) is 24.2. The molecule has 5 rings (SSSR count). The molecule has 0 bridgehead atoms. The van der Waals surface area contributed by atoms with Crippen molar-refractivity contribution in [1.82, 2.24) is 0 Å². The van der Waals surface area contributed by atoms with Crippen molar-refractivity contribution in [2.45, 2.75) is 103 Å². The number of fused-ring (bicyclic) bond motifs is 5. The van der Waals surface area contributed by atoms with Gasteiger partial charge in [0.1, 0.15) is 6.10 Å². The Kier molecular flexibility index (Phi) is 7.66. The van der Waals surface area contributed by atoms with Gasteiger partial charge in [-0.05, 0) is 62.5 Å². The molecule has 0 radical (unpaired) electrons. The summed E-state index contributed by atoms with van der Waals surface area (Å²) in [6, 6.07) is 0. The minimum atomic E-state index is -2.11. The number of ether oxygens (including phenoxy) is 2. The monoisotopic (exact) mass is 556 g/mol. The summed E-state index contributed by atoms with van der Waals surface area (Å²) < 4.78 is 11.3. The molecule has 4 saturated carbocycles. The maximum Gasteiger partial charge on any atom is 0.309 e. The van der Waals surface area contributed by atoms with Crippen LogP contribution in [0.1, 0.15) is 85.5 Å². The summed E-state index contributed by atoms with van der Waals surface area (Å²) in [5.41, 5.74) is -2.71. The number of hydrogen-bond acceptors (Lipinski definition) is 8. The highest BCUT2D eigenvalue weighted by molar-refractivity contribution is 6.01. The number of aliphatic hydroxyl groups excluding tert-OH is 1. The number of hydrogen-bond donors (Lipinski definition) is 2. The molecule has 0 aromatic heterocycles. The first-order valence-corrected chi connectivity index (χ1v) is 15.1. The van der Waals surface area contributed by atoms with Crippen molar-refractivity contribution in [3.63, 3.8) is 0 Å². The lowest BCUT2D eigenvalue weighted by Crippen LogP contribution is -2.64. The van der Waals surface area contributed by atoms with Gasteiger partial charge >= 0.3 is 11.9 Å². The van der Waals surface area contributed by atoms with Crippen molar-refractivity contribution >= 4 is 23.5 Å². The number of Topliss-reactive ketones (excluding diaryl/α,β-unsaturated/α-hetero) is 1. The Bertz CT molecular complexity index is 1130. The van der Waals surface area contributed by atoms with Crippen LogP contribution in [-0.4, -0.2) is 58.1 Å². The summed E-state index contributed by atoms with van der Waals surface area (Å²) in [6.07, 6.45) is 9.42. The fourth-order valence-electron chi connectivity index (χ4n) is 8.93. The molecule has 8 nitrogen and oxygen atoms in total. The van der Waals surface area contributed by atoms with Crippen LogP contribution in [0.15, 0.2) is 23.8 Å². The fraction of sp³-hybridized carbons (Fsp3) is 0.750. The van der Waals surface area contributed by atoms with E-state index in [1.54, 1.807) is 26.0 Å². The number of allylic oxidation sites excluding steroid dienone is 4. The first-order chi connectivity index (χ1) is 18.8. The molecular weight excluding hydrogens is 512 g/mol. The number of ketones is 2. The molecular formula is C32H44O8. The Labute approximate surface area is 236 Å². The minimum absolute atomic E-state index is 0.0486. The summed E-state index contributed by atoms with van der Waals surface area (Å²) in [5.74, 6) is -2.86. The second-order valence-corrected chi connectivity index (χ2v) is 13.7. The molecule has 0 spiro atoms. The van der Waals surface area contributed by atoms with Gasteiger partial charge in [0.2, 0.25) is 5.78 Å². The molecule has 0 aliphatic heterocycles. The average molecular weight is 557 g/mol. The van der Waals surface area contributed by atoms with Crippen molar-refractivity contribution in [3.8, 4) is 0 Å². The third-order valence-corrected chi connectivity index (χ3v) is 11.1. The quantitative estimate of drug-likeness (QED) is 0.472. The van der Waals surface area contributed by atoms with Crippen LogP contribution in [-0.2, 0) is 28.7 Å². The maximum absolute atomic E-state index is 13.9. The van der Waals surface area contributed by atoms with Crippen LogP contribution in [0.25, 0.3) is 0 Å². The Morgan fingerprint density at radius 1 is 1.10 bits per heavy atom. The van der Waals surface area contributed by atoms with Crippen LogP contribution < -0.4 is 0 Å². The van der Waals surface area contributed by atoms with Crippen LogP contribution in [0.3, 0.4) is 0 Å². The molecule has 40 heavy (non-hydrogen) atoms. The molecule has 8 atom stereocenters. The van der Waals surface area contributed by atoms with Crippen LogP contribution in [0.5, 0.6) is 0 Å². The second kappa shape index (κ2) is 10.5. The third kappa shape index (κ3) is 4.50. The van der Waals surface area contributed by atoms with Gasteiger partial charge in [-0.1, -0.05) is 58.6 Å². The highest BCUT2D eigenvalue weighted by atomic mass is 16.6. The predicted molar refractivity (Wildman–Crippen MR) is 146 cm³/mol. The summed E-state index contributed by atoms with van der Waals surface area (Å²) in [6.45, 7) is 6.60. The van der Waals surface area contributed by atoms with E-state index in [-0.39, 0.29) is 41.8 Å². The molecule has 220 valence electrons. The van der Waals surface area contributed by atoms with E-state index in [1.165, 1.54) is 0 Å². The van der Waals surface area contributed by atoms with E-state index < -0.39 is 52.9 Å². The van der Waals surface area contributed by atoms with Gasteiger partial charge in [0, 0.05) is 16.7 Å². The van der Waals surface area contributed by atoms with Crippen molar-refractivity contribution in [1.29, 1.82) is 0 Å². The lowest BCUT2D eigenvalue weighted by atomic mass is 9.46. The number of carbonyl (C=O) groups excluding carboxylic acids is 4. The molecule has 0 amide bonds. The van der Waals surface area contributed by atoms with Gasteiger partial charge in [-0.25, -0.2) is 0 Å². The summed E-state index contributed by atoms with van der Waals surface area (Å²) in [5, 5.41) is 24.1. The van der Waals surface area contributed by atoms with Crippen molar-refractivity contribution in [3.05, 3.63) is 23.8 Å². The first kappa shape index (κ1) is 29.2. The standard InChI is InChI=1S/C32H44O8/c1-18(2)28(36)39-17-25(35)32(38)26(40-29(37)19-8-6-5-7-9-19)15-23-22-11-10-20-14-21(33)12-13-30(20,3)27(22)24(34)16-31(23,32)4/h12-14,18-19,22-24,26-27,34,38H,5-11,15-17H2,1-4H3. The molecule has 0 aromatic carbocycles. The van der Waals surface area contributed by atoms with Gasteiger partial charge in [0.15, 0.2) is 18.0 Å². The number of rotatable bonds is 6. The zero-order chi connectivity index (χ0) is 29.0. The normalized spacial score (nSPS) is 41.0. The first-order valence-electron chi connectivity index (χ1n) is 15.1. The SMILES string of the molecule is CC(C)C(=O)OCC(=O)C1(O)C(OC(=O)C2CCCCC2)CC2C3CCC4=CC(=O)C=CC4(C)C3C(O)CC21C. The Morgan fingerprint density at radius 2 is 1.80 bits per heavy atom. The van der Waals surface area contributed by atoms with E-state index in [1.807, 2.05) is 13.0 Å². The van der Waals surface area contributed by atoms with Crippen molar-refractivity contribution in [2.24, 2.45) is 40.4 Å². The highest BCUT2D eigenvalue weighted by Gasteiger charge is 2.73. The lowest BCUT2D eigenvalue weighted by molar-refractivity contribution is -0.200. The molecule has 4 fully saturated rings. The molecule has 8 heteroatoms. The van der Waals surface area contributed by atoms with Gasteiger partial charge in [-0.2, -0.15) is 0 Å². The van der Waals surface area contributed by atoms with Crippen LogP contribution in [0, 0.1) is 40.4 Å². The molecule has 0 aromatic rings. The number of carbonyl (C=O) groups is 4. The van der Waals surface area contributed by atoms with Gasteiger partial charge in [-0.15, -0.1) is 0 Å². The summed E-state index contributed by atoms with van der Waals surface area (Å²) in [7, 11) is 0. The molecule has 5 aliphatic rings. The fourth-order valence-corrected chi connectivity index (χ4v) is 8.93. The van der Waals surface area contributed by atoms with Crippen LogP contribution >= 0.6 is 0 Å². The van der Waals surface area contributed by atoms with Crippen LogP contribution in [0.4, 0.5) is 0 Å². The number of esters is 2. The third-order valence-electron chi connectivity index (χ3n) is 11.1. The zero-order valence-corrected chi connectivity index (χ0v) is 24.2. The Morgan fingerprint density at radius 3 is 2.48 bits per heavy atom. The van der Waals surface area contributed by atoms with E-state index in [9.17, 15) is 29.4 Å². The predicted octanol–water partition coefficient (Wildman–Crippen LogP) is 3.87. The Hall–Kier alpha value is -2.32. The summed E-state index contributed by atoms with van der Waals surface area (Å²) in [4.78, 5) is 51.5. The number of aliphatic hydroxyl groups is 2. The van der Waals surface area contributed by atoms with Crippen molar-refractivity contribution in [2.75, 3.05) is 6.61 Å². The van der Waals surface area contributed by atoms with Gasteiger partial charge in [-0.3, -0.25) is 19.2 Å². The highest BCUT2D eigenvalue weighted by Crippen LogP contribution is 2.67. The lowest BCUT2D eigenvalue weighted by Gasteiger charge is -2.59. The smallest absolute Gasteiger partial charge is 0.309 e. The van der Waals surface area contributed by atoms with Crippen LogP contribution in [0.2, 0.25) is 0 Å². The molecule has 0 heterocycles.